The lowest BCUT2D eigenvalue weighted by atomic mass is 9.93. The number of hydrogen-bond acceptors (Lipinski definition) is 2. The third-order valence-corrected chi connectivity index (χ3v) is 9.03. The number of thiophene rings is 1. The first-order chi connectivity index (χ1) is 22.5. The van der Waals surface area contributed by atoms with Gasteiger partial charge in [-0.05, 0) is 71.4 Å². The summed E-state index contributed by atoms with van der Waals surface area (Å²) in [5.74, 6) is 0.865. The number of nitrogens with zero attached hydrogens (tertiary/aromatic N) is 2. The molecule has 210 valence electrons. The zero-order valence-electron chi connectivity index (χ0n) is 26.2. The molecule has 2 nitrogen and oxygen atoms in total. The van der Waals surface area contributed by atoms with Crippen LogP contribution in [0.5, 0.6) is 0 Å². The smallest absolute Gasteiger partial charge is 0.147 e. The van der Waals surface area contributed by atoms with Gasteiger partial charge < -0.3 is 0 Å². The summed E-state index contributed by atoms with van der Waals surface area (Å²) in [5.41, 5.74) is 11.1. The van der Waals surface area contributed by atoms with E-state index in [0.717, 1.165) is 60.4 Å². The Labute approximate surface area is 264 Å². The van der Waals surface area contributed by atoms with Crippen LogP contribution in [-0.4, -0.2) is 9.55 Å². The molecular weight excluding hydrogens is 553 g/mol. The standard InChI is InChI=1S/C41H30N2S/c1-28-23-34(31-15-7-3-8-16-31)40(35(24-28)32-17-9-4-10-18-32)43-38-20-12-11-19-37(38)42-41(43)36-27-44-39-26-30(21-22-33(36)39)25-29-13-5-2-6-14-29/h2-24,26-27H,25H2,1H3/i25D2. The molecule has 0 atom stereocenters. The zero-order chi connectivity index (χ0) is 31.3. The van der Waals surface area contributed by atoms with Crippen molar-refractivity contribution >= 4 is 32.5 Å². The van der Waals surface area contributed by atoms with Crippen molar-refractivity contribution in [1.29, 1.82) is 0 Å². The van der Waals surface area contributed by atoms with Crippen LogP contribution in [0.1, 0.15) is 19.4 Å². The Morgan fingerprint density at radius 3 is 1.93 bits per heavy atom. The van der Waals surface area contributed by atoms with Gasteiger partial charge in [0.05, 0.1) is 16.7 Å². The minimum atomic E-state index is -1.61. The van der Waals surface area contributed by atoms with Gasteiger partial charge in [0.2, 0.25) is 0 Å². The number of fused-ring (bicyclic) bond motifs is 2. The normalized spacial score (nSPS) is 12.4. The van der Waals surface area contributed by atoms with E-state index in [1.165, 1.54) is 5.56 Å². The Morgan fingerprint density at radius 2 is 1.25 bits per heavy atom. The third kappa shape index (κ3) is 4.72. The Hall–Kier alpha value is -5.25. The molecule has 0 radical (unpaired) electrons. The molecule has 44 heavy (non-hydrogen) atoms. The highest BCUT2D eigenvalue weighted by Crippen LogP contribution is 2.43. The molecule has 0 saturated carbocycles. The van der Waals surface area contributed by atoms with E-state index in [4.69, 9.17) is 7.73 Å². The molecule has 2 aromatic heterocycles. The monoisotopic (exact) mass is 584 g/mol. The highest BCUT2D eigenvalue weighted by Gasteiger charge is 2.23. The molecular formula is C41H30N2S. The van der Waals surface area contributed by atoms with E-state index in [1.807, 2.05) is 48.5 Å². The van der Waals surface area contributed by atoms with Crippen LogP contribution in [0.25, 0.3) is 60.4 Å². The molecule has 0 fully saturated rings. The highest BCUT2D eigenvalue weighted by molar-refractivity contribution is 7.17. The maximum atomic E-state index is 8.96. The second kappa shape index (κ2) is 11.1. The van der Waals surface area contributed by atoms with Crippen LogP contribution < -0.4 is 0 Å². The molecule has 0 aliphatic heterocycles. The van der Waals surface area contributed by atoms with Crippen LogP contribution in [0.4, 0.5) is 0 Å². The van der Waals surface area contributed by atoms with Gasteiger partial charge in [0.15, 0.2) is 0 Å². The average Bonchev–Trinajstić information content (AvgIpc) is 3.70. The molecule has 8 aromatic rings. The molecule has 0 saturated heterocycles. The van der Waals surface area contributed by atoms with Gasteiger partial charge in [-0.3, -0.25) is 4.57 Å². The molecule has 0 spiro atoms. The van der Waals surface area contributed by atoms with Gasteiger partial charge >= 0.3 is 0 Å². The summed E-state index contributed by atoms with van der Waals surface area (Å²) in [6.07, 6.45) is -1.61. The van der Waals surface area contributed by atoms with Gasteiger partial charge in [-0.1, -0.05) is 115 Å². The Kier molecular flexibility index (Phi) is 6.11. The summed E-state index contributed by atoms with van der Waals surface area (Å²) in [4.78, 5) is 5.29. The fourth-order valence-electron chi connectivity index (χ4n) is 6.10. The molecule has 0 bridgehead atoms. The number of aryl methyl sites for hydroxylation is 1. The van der Waals surface area contributed by atoms with E-state index < -0.39 is 6.37 Å². The summed E-state index contributed by atoms with van der Waals surface area (Å²) in [7, 11) is 0. The number of aromatic nitrogens is 2. The van der Waals surface area contributed by atoms with Crippen molar-refractivity contribution in [1.82, 2.24) is 9.55 Å². The highest BCUT2D eigenvalue weighted by atomic mass is 32.1. The van der Waals surface area contributed by atoms with Crippen LogP contribution in [0, 0.1) is 6.92 Å². The topological polar surface area (TPSA) is 17.8 Å². The lowest BCUT2D eigenvalue weighted by Gasteiger charge is -2.20. The van der Waals surface area contributed by atoms with Crippen molar-refractivity contribution in [2.24, 2.45) is 0 Å². The maximum Gasteiger partial charge on any atom is 0.147 e. The predicted octanol–water partition coefficient (Wildman–Crippen LogP) is 11.1. The number of benzene rings is 6. The lowest BCUT2D eigenvalue weighted by Crippen LogP contribution is -2.03. The van der Waals surface area contributed by atoms with E-state index in [2.05, 4.69) is 114 Å². The van der Waals surface area contributed by atoms with Gasteiger partial charge in [0, 0.05) is 34.9 Å². The van der Waals surface area contributed by atoms with Crippen molar-refractivity contribution in [3.05, 3.63) is 168 Å². The summed E-state index contributed by atoms with van der Waals surface area (Å²) < 4.78 is 21.3. The maximum absolute atomic E-state index is 8.96. The summed E-state index contributed by atoms with van der Waals surface area (Å²) >= 11 is 1.63. The minimum absolute atomic E-state index is 0.643. The van der Waals surface area contributed by atoms with E-state index in [1.54, 1.807) is 11.3 Å². The van der Waals surface area contributed by atoms with Crippen LogP contribution >= 0.6 is 11.3 Å². The molecule has 0 amide bonds. The first-order valence-electron chi connectivity index (χ1n) is 15.8. The van der Waals surface area contributed by atoms with Gasteiger partial charge in [-0.25, -0.2) is 4.98 Å². The first kappa shape index (κ1) is 24.2. The average molecular weight is 585 g/mol. The fraction of sp³-hybridized carbons (Fsp3) is 0.0488. The first-order valence-corrected chi connectivity index (χ1v) is 15.7. The van der Waals surface area contributed by atoms with Crippen molar-refractivity contribution in [3.8, 4) is 39.3 Å². The van der Waals surface area contributed by atoms with E-state index >= 15 is 0 Å². The predicted molar refractivity (Wildman–Crippen MR) is 187 cm³/mol. The minimum Gasteiger partial charge on any atom is -0.291 e. The SMILES string of the molecule is [2H]C([2H])(c1ccccc1)c1ccc2c(-c3nc4ccccc4n3-c3c(-c4ccccc4)cc(C)cc3-c3ccccc3)csc2c1. The lowest BCUT2D eigenvalue weighted by molar-refractivity contribution is 1.11. The third-order valence-electron chi connectivity index (χ3n) is 8.09. The van der Waals surface area contributed by atoms with E-state index in [9.17, 15) is 0 Å². The van der Waals surface area contributed by atoms with Crippen molar-refractivity contribution in [3.63, 3.8) is 0 Å². The molecule has 0 unspecified atom stereocenters. The second-order valence-electron chi connectivity index (χ2n) is 11.1. The van der Waals surface area contributed by atoms with Gasteiger partial charge in [0.25, 0.3) is 0 Å². The van der Waals surface area contributed by atoms with Gasteiger partial charge in [0.1, 0.15) is 5.82 Å². The number of hydrogen-bond donors (Lipinski definition) is 0. The molecule has 0 N–H and O–H groups in total. The molecule has 0 aliphatic rings. The summed E-state index contributed by atoms with van der Waals surface area (Å²) in [5, 5.41) is 3.23. The largest absolute Gasteiger partial charge is 0.291 e. The van der Waals surface area contributed by atoms with Crippen LogP contribution in [0.2, 0.25) is 0 Å². The summed E-state index contributed by atoms with van der Waals surface area (Å²) in [6, 6.07) is 49.5. The van der Waals surface area contributed by atoms with Gasteiger partial charge in [-0.15, -0.1) is 11.3 Å². The molecule has 8 rings (SSSR count). The number of rotatable bonds is 6. The molecule has 3 heteroatoms. The molecule has 2 heterocycles. The van der Waals surface area contributed by atoms with Crippen LogP contribution in [0.15, 0.2) is 151 Å². The number of para-hydroxylation sites is 2. The quantitative estimate of drug-likeness (QED) is 0.190. The Morgan fingerprint density at radius 1 is 0.636 bits per heavy atom. The Bertz CT molecular complexity index is 2280. The van der Waals surface area contributed by atoms with Crippen molar-refractivity contribution in [2.45, 2.75) is 13.3 Å². The molecule has 6 aromatic carbocycles. The van der Waals surface area contributed by atoms with Crippen molar-refractivity contribution in [2.75, 3.05) is 0 Å². The van der Waals surface area contributed by atoms with Crippen LogP contribution in [-0.2, 0) is 6.37 Å². The van der Waals surface area contributed by atoms with Gasteiger partial charge in [-0.2, -0.15) is 0 Å². The fourth-order valence-corrected chi connectivity index (χ4v) is 7.07. The van der Waals surface area contributed by atoms with Crippen molar-refractivity contribution < 1.29 is 2.74 Å². The van der Waals surface area contributed by atoms with Crippen LogP contribution in [0.3, 0.4) is 0 Å². The van der Waals surface area contributed by atoms with E-state index in [-0.39, 0.29) is 0 Å². The van der Waals surface area contributed by atoms with E-state index in [0.29, 0.717) is 11.1 Å². The summed E-state index contributed by atoms with van der Waals surface area (Å²) in [6.45, 7) is 2.16. The zero-order valence-corrected chi connectivity index (χ0v) is 25.1. The number of imidazole rings is 1. The molecule has 0 aliphatic carbocycles. The Balaban J connectivity index is 1.40. The second-order valence-corrected chi connectivity index (χ2v) is 12.0.